The zero-order valence-electron chi connectivity index (χ0n) is 30.5. The summed E-state index contributed by atoms with van der Waals surface area (Å²) in [6, 6.07) is 12.8. The number of nitrogens with zero attached hydrogens (tertiary/aromatic N) is 4. The summed E-state index contributed by atoms with van der Waals surface area (Å²) < 4.78 is 48.8. The Kier molecular flexibility index (Phi) is 13.0. The van der Waals surface area contributed by atoms with E-state index in [2.05, 4.69) is 4.90 Å². The number of rotatable bonds is 15. The topological polar surface area (TPSA) is 73.2 Å². The highest BCUT2D eigenvalue weighted by Gasteiger charge is 2.37. The number of hydrogen-bond donors (Lipinski definition) is 0. The van der Waals surface area contributed by atoms with Crippen LogP contribution in [-0.2, 0) is 0 Å². The lowest BCUT2D eigenvalue weighted by Gasteiger charge is -2.50. The fraction of sp³-hybridized carbons (Fsp3) is 0.450. The first kappa shape index (κ1) is 39.2. The number of ether oxygens (including phenoxy) is 3. The van der Waals surface area contributed by atoms with Crippen molar-refractivity contribution in [2.75, 3.05) is 71.5 Å². The minimum atomic E-state index is -0.825. The second-order valence-corrected chi connectivity index (χ2v) is 14.1. The van der Waals surface area contributed by atoms with Gasteiger partial charge in [0.1, 0.15) is 34.4 Å². The van der Waals surface area contributed by atoms with Crippen LogP contribution >= 0.6 is 0 Å². The molecule has 12 heteroatoms. The molecule has 3 aliphatic heterocycles. The van der Waals surface area contributed by atoms with Gasteiger partial charge in [-0.05, 0) is 57.4 Å². The molecule has 3 fully saturated rings. The maximum atomic E-state index is 14.3. The highest BCUT2D eigenvalue weighted by Crippen LogP contribution is 2.30. The van der Waals surface area contributed by atoms with Crippen LogP contribution in [0.15, 0.2) is 65.6 Å². The van der Waals surface area contributed by atoms with Crippen molar-refractivity contribution in [2.45, 2.75) is 52.0 Å². The smallest absolute Gasteiger partial charge is 0.264 e. The number of fused-ring (bicyclic) bond motifs is 4. The molecule has 0 spiro atoms. The Hall–Kier alpha value is -4.00. The lowest BCUT2D eigenvalue weighted by molar-refractivity contribution is -0.941. The van der Waals surface area contributed by atoms with Gasteiger partial charge in [-0.2, -0.15) is 0 Å². The number of carbonyl (C=O) groups excluding carboxylic acids is 1. The van der Waals surface area contributed by atoms with E-state index in [4.69, 9.17) is 14.2 Å². The number of methoxy groups -OCH3 is 2. The van der Waals surface area contributed by atoms with Gasteiger partial charge in [0.15, 0.2) is 0 Å². The highest BCUT2D eigenvalue weighted by atomic mass is 79.9. The summed E-state index contributed by atoms with van der Waals surface area (Å²) >= 11 is 0. The van der Waals surface area contributed by atoms with E-state index in [0.717, 1.165) is 31.0 Å². The van der Waals surface area contributed by atoms with Crippen LogP contribution in [0.25, 0.3) is 16.6 Å². The number of anilines is 1. The monoisotopic (exact) mass is 782 g/mol. The fourth-order valence-electron chi connectivity index (χ4n) is 7.49. The lowest BCUT2D eigenvalue weighted by atomic mass is 10.1. The van der Waals surface area contributed by atoms with Crippen molar-refractivity contribution in [3.05, 3.63) is 88.2 Å². The summed E-state index contributed by atoms with van der Waals surface area (Å²) in [5, 5.41) is 0.283. The molecule has 0 radical (unpaired) electrons. The van der Waals surface area contributed by atoms with Crippen LogP contribution in [0.2, 0.25) is 0 Å². The first-order chi connectivity index (χ1) is 24.6. The average molecular weight is 784 g/mol. The number of amides is 1. The molecule has 4 aromatic rings. The third-order valence-corrected chi connectivity index (χ3v) is 10.4. The first-order valence-electron chi connectivity index (χ1n) is 18.0. The maximum absolute atomic E-state index is 14.3. The molecule has 0 saturated carbocycles. The fourth-order valence-corrected chi connectivity index (χ4v) is 7.49. The Bertz CT molecular complexity index is 1870. The third-order valence-electron chi connectivity index (χ3n) is 10.4. The van der Waals surface area contributed by atoms with Crippen LogP contribution in [-0.4, -0.2) is 92.5 Å². The Balaban J connectivity index is 0.00000523. The number of quaternary nitrogens is 1. The number of piperazine rings is 3. The van der Waals surface area contributed by atoms with E-state index in [1.165, 1.54) is 80.7 Å². The van der Waals surface area contributed by atoms with Gasteiger partial charge in [0.25, 0.3) is 5.91 Å². The van der Waals surface area contributed by atoms with Crippen molar-refractivity contribution in [3.8, 4) is 22.9 Å². The molecular formula is C40H49BrF2N4O5. The maximum Gasteiger partial charge on any atom is 0.264 e. The molecule has 9 nitrogen and oxygen atoms in total. The van der Waals surface area contributed by atoms with Crippen molar-refractivity contribution in [2.24, 2.45) is 0 Å². The molecule has 4 heterocycles. The minimum absolute atomic E-state index is 0. The number of benzene rings is 3. The quantitative estimate of drug-likeness (QED) is 0.135. The summed E-state index contributed by atoms with van der Waals surface area (Å²) in [5.41, 5.74) is 0.435. The summed E-state index contributed by atoms with van der Waals surface area (Å²) in [6.07, 6.45) is 7.16. The summed E-state index contributed by atoms with van der Waals surface area (Å²) in [4.78, 5) is 32.0. The standard InChI is InChI=1S/C40H49F2N4O5.BrH/c1-28(2)45(32-21-29(41)20-30(42)22-32)40(48)37-27-44(31-23-34(49-3)25-35(24-31)50-4)38-26-33(10-11-36(38)39(37)47)51-19-9-7-5-6-8-15-46-16-12-43(13-17-46)14-18-46;/h10-11,20-28H,5-9,12-19H2,1-4H3;1H/q+1;/p-1. The van der Waals surface area contributed by atoms with Gasteiger partial charge in [0.05, 0.1) is 63.9 Å². The van der Waals surface area contributed by atoms with E-state index < -0.39 is 29.0 Å². The largest absolute Gasteiger partial charge is 1.00 e. The molecule has 1 aromatic heterocycles. The van der Waals surface area contributed by atoms with Crippen molar-refractivity contribution in [1.82, 2.24) is 9.47 Å². The summed E-state index contributed by atoms with van der Waals surface area (Å²) in [5.74, 6) is -0.711. The molecule has 0 unspecified atom stereocenters. The first-order valence-corrected chi connectivity index (χ1v) is 18.0. The van der Waals surface area contributed by atoms with Crippen molar-refractivity contribution in [1.29, 1.82) is 0 Å². The molecule has 2 bridgehead atoms. The van der Waals surface area contributed by atoms with E-state index in [1.807, 2.05) is 0 Å². The van der Waals surface area contributed by atoms with Gasteiger partial charge < -0.3 is 45.1 Å². The average Bonchev–Trinajstić information content (AvgIpc) is 3.12. The molecule has 1 amide bonds. The van der Waals surface area contributed by atoms with E-state index in [-0.39, 0.29) is 33.6 Å². The zero-order chi connectivity index (χ0) is 36.1. The van der Waals surface area contributed by atoms with Crippen LogP contribution in [0.5, 0.6) is 17.2 Å². The predicted molar refractivity (Wildman–Crippen MR) is 196 cm³/mol. The molecule has 7 rings (SSSR count). The van der Waals surface area contributed by atoms with Crippen LogP contribution in [0.3, 0.4) is 0 Å². The number of carbonyl (C=O) groups is 1. The second-order valence-electron chi connectivity index (χ2n) is 14.1. The molecular weight excluding hydrogens is 734 g/mol. The van der Waals surface area contributed by atoms with E-state index in [9.17, 15) is 18.4 Å². The van der Waals surface area contributed by atoms with Gasteiger partial charge in [-0.3, -0.25) is 14.5 Å². The second kappa shape index (κ2) is 17.2. The minimum Gasteiger partial charge on any atom is -1.00 e. The number of aromatic nitrogens is 1. The molecule has 0 aliphatic carbocycles. The van der Waals surface area contributed by atoms with Gasteiger partial charge in [-0.1, -0.05) is 12.8 Å². The SMILES string of the molecule is COc1cc(OC)cc(-n2cc(C(=O)N(c3cc(F)cc(F)c3)C(C)C)c(=O)c3ccc(OCCCCCCC[N+]45CCN(CC4)CC5)cc32)c1.[Br-]. The van der Waals surface area contributed by atoms with Crippen LogP contribution in [0.1, 0.15) is 56.3 Å². The van der Waals surface area contributed by atoms with Gasteiger partial charge in [0.2, 0.25) is 5.43 Å². The number of halogens is 3. The van der Waals surface area contributed by atoms with E-state index in [0.29, 0.717) is 35.1 Å². The summed E-state index contributed by atoms with van der Waals surface area (Å²) in [6.45, 7) is 13.0. The number of hydrogen-bond acceptors (Lipinski definition) is 6. The van der Waals surface area contributed by atoms with Gasteiger partial charge in [-0.15, -0.1) is 0 Å². The lowest BCUT2D eigenvalue weighted by Crippen LogP contribution is -3.00. The Labute approximate surface area is 315 Å². The third kappa shape index (κ3) is 8.78. The van der Waals surface area contributed by atoms with Gasteiger partial charge in [0, 0.05) is 67.6 Å². The molecule has 3 saturated heterocycles. The van der Waals surface area contributed by atoms with E-state index >= 15 is 0 Å². The van der Waals surface area contributed by atoms with Crippen molar-refractivity contribution < 1.29 is 49.3 Å². The van der Waals surface area contributed by atoms with Crippen LogP contribution < -0.4 is 41.5 Å². The van der Waals surface area contributed by atoms with Crippen molar-refractivity contribution >= 4 is 22.5 Å². The molecule has 3 aliphatic rings. The van der Waals surface area contributed by atoms with E-state index in [1.54, 1.807) is 69.0 Å². The Morgan fingerprint density at radius 1 is 0.827 bits per heavy atom. The number of unbranched alkanes of at least 4 members (excludes halogenated alkanes) is 4. The number of pyridine rings is 1. The molecule has 3 aromatic carbocycles. The molecule has 52 heavy (non-hydrogen) atoms. The molecule has 280 valence electrons. The Morgan fingerprint density at radius 2 is 1.44 bits per heavy atom. The summed E-state index contributed by atoms with van der Waals surface area (Å²) in [7, 11) is 3.08. The van der Waals surface area contributed by atoms with Crippen LogP contribution in [0, 0.1) is 11.6 Å². The van der Waals surface area contributed by atoms with Gasteiger partial charge in [-0.25, -0.2) is 8.78 Å². The predicted octanol–water partition coefficient (Wildman–Crippen LogP) is 3.82. The van der Waals surface area contributed by atoms with Gasteiger partial charge >= 0.3 is 0 Å². The van der Waals surface area contributed by atoms with Crippen molar-refractivity contribution in [3.63, 3.8) is 0 Å². The molecule has 0 N–H and O–H groups in total. The zero-order valence-corrected chi connectivity index (χ0v) is 32.1. The molecule has 0 atom stereocenters. The Morgan fingerprint density at radius 3 is 2.06 bits per heavy atom. The van der Waals surface area contributed by atoms with Crippen LogP contribution in [0.4, 0.5) is 14.5 Å². The normalized spacial score (nSPS) is 17.9. The highest BCUT2D eigenvalue weighted by molar-refractivity contribution is 6.08.